The lowest BCUT2D eigenvalue weighted by molar-refractivity contribution is -0.911. The largest absolute Gasteiger partial charge is 0.508 e. The van der Waals surface area contributed by atoms with Crippen LogP contribution in [-0.4, -0.2) is 76.3 Å². The second-order valence-electron chi connectivity index (χ2n) is 10.7. The number of carbonyl (C=O) groups excluding carboxylic acids is 3. The number of likely N-dealkylation sites (tertiary alicyclic amines) is 1. The second-order valence-corrected chi connectivity index (χ2v) is 10.7. The number of carbonyl (C=O) groups is 3. The van der Waals surface area contributed by atoms with Gasteiger partial charge in [0.15, 0.2) is 0 Å². The Bertz CT molecular complexity index is 1360. The van der Waals surface area contributed by atoms with Crippen molar-refractivity contribution in [3.63, 3.8) is 0 Å². The molecule has 216 valence electrons. The third kappa shape index (κ3) is 7.55. The third-order valence-electron chi connectivity index (χ3n) is 7.46. The molecule has 0 aliphatic carbocycles. The van der Waals surface area contributed by atoms with E-state index in [0.717, 1.165) is 17.7 Å². The van der Waals surface area contributed by atoms with Crippen LogP contribution in [0.2, 0.25) is 0 Å². The number of nitrogens with zero attached hydrogens (tertiary/aromatic N) is 2. The number of phenols is 2. The SMILES string of the molecule is CCOC(=O)c1ccc(NC(=O)N(C2CC[N+](C)(Cc3ccc(O)cc3)C2)[C@@H](Cc2ccc(O)cc2)C(N)=O)cc1. The van der Waals surface area contributed by atoms with Crippen molar-refractivity contribution in [1.29, 1.82) is 0 Å². The summed E-state index contributed by atoms with van der Waals surface area (Å²) in [5, 5.41) is 22.2. The van der Waals surface area contributed by atoms with Crippen LogP contribution in [-0.2, 0) is 22.5 Å². The minimum Gasteiger partial charge on any atom is -0.508 e. The number of ether oxygens (including phenoxy) is 1. The predicted octanol–water partition coefficient (Wildman–Crippen LogP) is 3.62. The molecule has 3 aromatic carbocycles. The molecule has 10 heteroatoms. The Morgan fingerprint density at radius 1 is 0.976 bits per heavy atom. The standard InChI is InChI=1S/C31H36N4O6/c1-3-41-30(39)23-8-10-24(11-9-23)33-31(40)34(28(29(32)38)18-21-4-12-26(36)13-5-21)25-16-17-35(2,20-25)19-22-6-14-27(37)15-7-22/h4-15,25,28H,3,16-20H2,1-2H3,(H4-,32,33,36,37,38,39,40)/p+1/t25?,28-,35?/m0/s1. The number of benzene rings is 3. The Hall–Kier alpha value is -4.57. The lowest BCUT2D eigenvalue weighted by atomic mass is 10.0. The molecule has 0 radical (unpaired) electrons. The van der Waals surface area contributed by atoms with Gasteiger partial charge in [0.25, 0.3) is 0 Å². The number of primary amides is 1. The maximum absolute atomic E-state index is 13.9. The Morgan fingerprint density at radius 3 is 2.12 bits per heavy atom. The molecule has 1 saturated heterocycles. The molecule has 1 heterocycles. The van der Waals surface area contributed by atoms with Gasteiger partial charge in [-0.25, -0.2) is 9.59 Å². The number of nitrogens with two attached hydrogens (primary N) is 1. The van der Waals surface area contributed by atoms with Gasteiger partial charge in [0.2, 0.25) is 5.91 Å². The number of nitrogens with one attached hydrogen (secondary N) is 1. The van der Waals surface area contributed by atoms with Gasteiger partial charge in [-0.3, -0.25) is 4.79 Å². The zero-order valence-electron chi connectivity index (χ0n) is 23.3. The van der Waals surface area contributed by atoms with Crippen molar-refractivity contribution in [1.82, 2.24) is 4.90 Å². The summed E-state index contributed by atoms with van der Waals surface area (Å²) in [5.74, 6) is -0.785. The molecule has 3 amide bonds. The number of likely N-dealkylation sites (N-methyl/N-ethyl adjacent to an activating group) is 1. The number of amides is 3. The van der Waals surface area contributed by atoms with E-state index in [1.165, 1.54) is 12.1 Å². The molecule has 0 aromatic heterocycles. The van der Waals surface area contributed by atoms with Crippen LogP contribution >= 0.6 is 0 Å². The second kappa shape index (κ2) is 12.7. The van der Waals surface area contributed by atoms with E-state index >= 15 is 0 Å². The highest BCUT2D eigenvalue weighted by Gasteiger charge is 2.43. The smallest absolute Gasteiger partial charge is 0.338 e. The monoisotopic (exact) mass is 561 g/mol. The molecule has 10 nitrogen and oxygen atoms in total. The molecule has 3 atom stereocenters. The van der Waals surface area contributed by atoms with E-state index in [-0.39, 0.29) is 30.6 Å². The first kappa shape index (κ1) is 29.4. The minimum atomic E-state index is -0.941. The molecule has 0 saturated carbocycles. The first-order chi connectivity index (χ1) is 19.6. The summed E-state index contributed by atoms with van der Waals surface area (Å²) < 4.78 is 5.67. The van der Waals surface area contributed by atoms with Gasteiger partial charge in [0.05, 0.1) is 38.3 Å². The number of quaternary nitrogens is 1. The van der Waals surface area contributed by atoms with Crippen molar-refractivity contribution < 1.29 is 33.8 Å². The molecule has 1 fully saturated rings. The average molecular weight is 562 g/mol. The Morgan fingerprint density at radius 2 is 1.56 bits per heavy atom. The Kier molecular flexibility index (Phi) is 9.14. The summed E-state index contributed by atoms with van der Waals surface area (Å²) in [6, 6.07) is 18.2. The van der Waals surface area contributed by atoms with Crippen LogP contribution in [0.25, 0.3) is 0 Å². The molecular weight excluding hydrogens is 524 g/mol. The summed E-state index contributed by atoms with van der Waals surface area (Å²) in [6.45, 7) is 4.05. The normalized spacial score (nSPS) is 18.8. The quantitative estimate of drug-likeness (QED) is 0.220. The summed E-state index contributed by atoms with van der Waals surface area (Å²) in [6.07, 6.45) is 0.839. The highest BCUT2D eigenvalue weighted by molar-refractivity contribution is 5.95. The van der Waals surface area contributed by atoms with Gasteiger partial charge in [-0.05, 0) is 73.2 Å². The van der Waals surface area contributed by atoms with Crippen molar-refractivity contribution in [2.75, 3.05) is 32.1 Å². The highest BCUT2D eigenvalue weighted by atomic mass is 16.5. The molecule has 3 aromatic rings. The van der Waals surface area contributed by atoms with Gasteiger partial charge in [-0.15, -0.1) is 0 Å². The van der Waals surface area contributed by atoms with Crippen molar-refractivity contribution in [3.05, 3.63) is 89.5 Å². The average Bonchev–Trinajstić information content (AvgIpc) is 3.32. The number of urea groups is 1. The number of hydrogen-bond acceptors (Lipinski definition) is 6. The first-order valence-corrected chi connectivity index (χ1v) is 13.6. The fourth-order valence-electron chi connectivity index (χ4n) is 5.41. The van der Waals surface area contributed by atoms with Crippen LogP contribution in [0.5, 0.6) is 11.5 Å². The van der Waals surface area contributed by atoms with E-state index in [2.05, 4.69) is 12.4 Å². The maximum atomic E-state index is 13.9. The van der Waals surface area contributed by atoms with E-state index < -0.39 is 23.9 Å². The van der Waals surface area contributed by atoms with Crippen molar-refractivity contribution in [2.45, 2.75) is 38.4 Å². The fourth-order valence-corrected chi connectivity index (χ4v) is 5.41. The molecule has 41 heavy (non-hydrogen) atoms. The number of esters is 1. The topological polar surface area (TPSA) is 142 Å². The molecule has 1 aliphatic heterocycles. The Labute approximate surface area is 239 Å². The van der Waals surface area contributed by atoms with Gasteiger partial charge in [-0.1, -0.05) is 12.1 Å². The highest BCUT2D eigenvalue weighted by Crippen LogP contribution is 2.28. The third-order valence-corrected chi connectivity index (χ3v) is 7.46. The van der Waals surface area contributed by atoms with Gasteiger partial charge >= 0.3 is 12.0 Å². The van der Waals surface area contributed by atoms with Gasteiger partial charge in [-0.2, -0.15) is 0 Å². The zero-order valence-corrected chi connectivity index (χ0v) is 23.3. The van der Waals surface area contributed by atoms with Gasteiger partial charge in [0.1, 0.15) is 24.1 Å². The molecule has 5 N–H and O–H groups in total. The number of rotatable bonds is 10. The molecule has 0 bridgehead atoms. The lowest BCUT2D eigenvalue weighted by Gasteiger charge is -2.36. The molecule has 2 unspecified atom stereocenters. The number of hydrogen-bond donors (Lipinski definition) is 4. The molecular formula is C31H37N4O6+. The van der Waals surface area contributed by atoms with Crippen molar-refractivity contribution in [2.24, 2.45) is 5.73 Å². The van der Waals surface area contributed by atoms with E-state index in [9.17, 15) is 24.6 Å². The van der Waals surface area contributed by atoms with Crippen LogP contribution in [0, 0.1) is 0 Å². The van der Waals surface area contributed by atoms with Crippen LogP contribution < -0.4 is 11.1 Å². The Balaban J connectivity index is 1.59. The maximum Gasteiger partial charge on any atom is 0.338 e. The summed E-state index contributed by atoms with van der Waals surface area (Å²) >= 11 is 0. The number of phenolic OH excluding ortho intramolecular Hbond substituents is 2. The van der Waals surface area contributed by atoms with Gasteiger partial charge < -0.3 is 35.4 Å². The lowest BCUT2D eigenvalue weighted by Crippen LogP contribution is -2.56. The summed E-state index contributed by atoms with van der Waals surface area (Å²) in [4.78, 5) is 40.3. The van der Waals surface area contributed by atoms with Crippen LogP contribution in [0.4, 0.5) is 10.5 Å². The number of aromatic hydroxyl groups is 2. The van der Waals surface area contributed by atoms with Crippen LogP contribution in [0.1, 0.15) is 34.8 Å². The van der Waals surface area contributed by atoms with Crippen LogP contribution in [0.3, 0.4) is 0 Å². The molecule has 0 spiro atoms. The van der Waals surface area contributed by atoms with Crippen LogP contribution in [0.15, 0.2) is 72.8 Å². The van der Waals surface area contributed by atoms with Crippen molar-refractivity contribution >= 4 is 23.6 Å². The minimum absolute atomic E-state index is 0.100. The van der Waals surface area contributed by atoms with E-state index in [0.29, 0.717) is 35.2 Å². The first-order valence-electron chi connectivity index (χ1n) is 13.6. The summed E-state index contributed by atoms with van der Waals surface area (Å²) in [7, 11) is 2.11. The van der Waals surface area contributed by atoms with Crippen molar-refractivity contribution in [3.8, 4) is 11.5 Å². The van der Waals surface area contributed by atoms with E-state index in [1.807, 2.05) is 12.1 Å². The zero-order chi connectivity index (χ0) is 29.6. The van der Waals surface area contributed by atoms with E-state index in [4.69, 9.17) is 10.5 Å². The predicted molar refractivity (Wildman–Crippen MR) is 154 cm³/mol. The van der Waals surface area contributed by atoms with E-state index in [1.54, 1.807) is 60.4 Å². The fraction of sp³-hybridized carbons (Fsp3) is 0.323. The number of anilines is 1. The molecule has 1 aliphatic rings. The molecule has 4 rings (SSSR count). The van der Waals surface area contributed by atoms with Gasteiger partial charge in [0, 0.05) is 24.1 Å². The summed E-state index contributed by atoms with van der Waals surface area (Å²) in [5.41, 5.74) is 8.54.